The molecule has 11 heteroatoms. The van der Waals surface area contributed by atoms with Crippen LogP contribution in [0.15, 0.2) is 18.3 Å². The van der Waals surface area contributed by atoms with Crippen LogP contribution in [0.3, 0.4) is 0 Å². The van der Waals surface area contributed by atoms with E-state index in [1.807, 2.05) is 0 Å². The second-order valence-electron chi connectivity index (χ2n) is 9.30. The van der Waals surface area contributed by atoms with Gasteiger partial charge in [-0.3, -0.25) is 9.58 Å². The van der Waals surface area contributed by atoms with Gasteiger partial charge in [0.2, 0.25) is 0 Å². The number of hydrogen-bond acceptors (Lipinski definition) is 5. The van der Waals surface area contributed by atoms with E-state index >= 15 is 0 Å². The molecule has 3 fully saturated rings. The van der Waals surface area contributed by atoms with Crippen LogP contribution in [0.1, 0.15) is 36.4 Å². The number of nitrogens with zero attached hydrogens (tertiary/aromatic N) is 4. The van der Waals surface area contributed by atoms with Crippen molar-refractivity contribution in [2.75, 3.05) is 25.9 Å². The maximum Gasteiger partial charge on any atom is 0.419 e. The molecule has 3 heterocycles. The maximum atomic E-state index is 13.3. The van der Waals surface area contributed by atoms with Crippen molar-refractivity contribution in [3.63, 3.8) is 0 Å². The number of nitrogen functional groups attached to an aromatic ring is 1. The number of fused-ring (bicyclic) bond motifs is 1. The Hall–Kier alpha value is -2.27. The Balaban J connectivity index is 1.37. The number of halogens is 5. The largest absolute Gasteiger partial charge is 0.419 e. The van der Waals surface area contributed by atoms with Crippen molar-refractivity contribution in [1.29, 1.82) is 0 Å². The van der Waals surface area contributed by atoms with Crippen LogP contribution < -0.4 is 5.73 Å². The Labute approximate surface area is 187 Å². The lowest BCUT2D eigenvalue weighted by Crippen LogP contribution is -2.33. The Bertz CT molecular complexity index is 1010. The van der Waals surface area contributed by atoms with E-state index in [-0.39, 0.29) is 23.3 Å². The molecule has 0 radical (unpaired) electrons. The van der Waals surface area contributed by atoms with Crippen molar-refractivity contribution in [2.45, 2.75) is 56.5 Å². The lowest BCUT2D eigenvalue weighted by molar-refractivity contribution is -0.137. The van der Waals surface area contributed by atoms with Crippen LogP contribution in [0.25, 0.3) is 11.3 Å². The summed E-state index contributed by atoms with van der Waals surface area (Å²) in [7, 11) is 1.73. The minimum Gasteiger partial charge on any atom is -0.383 e. The van der Waals surface area contributed by atoms with Gasteiger partial charge in [0, 0.05) is 49.6 Å². The Morgan fingerprint density at radius 2 is 1.94 bits per heavy atom. The molecule has 5 rings (SSSR count). The number of methoxy groups -OCH3 is 1. The molecule has 0 spiro atoms. The molecule has 2 aromatic rings. The summed E-state index contributed by atoms with van der Waals surface area (Å²) >= 11 is 0. The first-order valence-electron chi connectivity index (χ1n) is 11.1. The van der Waals surface area contributed by atoms with Crippen LogP contribution in [0.2, 0.25) is 0 Å². The Morgan fingerprint density at radius 1 is 1.21 bits per heavy atom. The van der Waals surface area contributed by atoms with Gasteiger partial charge >= 0.3 is 6.18 Å². The Morgan fingerprint density at radius 3 is 2.55 bits per heavy atom. The lowest BCUT2D eigenvalue weighted by Gasteiger charge is -2.26. The topological polar surface area (TPSA) is 69.2 Å². The summed E-state index contributed by atoms with van der Waals surface area (Å²) in [6.45, 7) is 1.34. The van der Waals surface area contributed by atoms with Crippen LogP contribution >= 0.6 is 0 Å². The van der Waals surface area contributed by atoms with E-state index in [0.29, 0.717) is 23.6 Å². The van der Waals surface area contributed by atoms with Crippen molar-refractivity contribution in [3.8, 4) is 11.3 Å². The summed E-state index contributed by atoms with van der Waals surface area (Å²) in [5, 5.41) is 4.24. The third-order valence-corrected chi connectivity index (χ3v) is 7.43. The van der Waals surface area contributed by atoms with Gasteiger partial charge in [-0.1, -0.05) is 0 Å². The Kier molecular flexibility index (Phi) is 5.59. The first kappa shape index (κ1) is 22.5. The summed E-state index contributed by atoms with van der Waals surface area (Å²) in [6, 6.07) is 2.99. The molecule has 2 aliphatic carbocycles. The van der Waals surface area contributed by atoms with E-state index in [9.17, 15) is 22.0 Å². The van der Waals surface area contributed by atoms with E-state index in [0.717, 1.165) is 38.4 Å². The molecule has 2 saturated carbocycles. The predicted molar refractivity (Wildman–Crippen MR) is 111 cm³/mol. The van der Waals surface area contributed by atoms with Gasteiger partial charge in [-0.25, -0.2) is 13.8 Å². The molecule has 0 aromatic carbocycles. The molecule has 0 unspecified atom stereocenters. The van der Waals surface area contributed by atoms with Crippen molar-refractivity contribution in [2.24, 2.45) is 11.8 Å². The van der Waals surface area contributed by atoms with Crippen molar-refractivity contribution in [3.05, 3.63) is 29.6 Å². The number of hydrogen-bond donors (Lipinski definition) is 1. The van der Waals surface area contributed by atoms with E-state index in [1.54, 1.807) is 13.2 Å². The lowest BCUT2D eigenvalue weighted by atomic mass is 10.0. The maximum absolute atomic E-state index is 13.3. The van der Waals surface area contributed by atoms with Gasteiger partial charge in [-0.2, -0.15) is 18.3 Å². The molecule has 3 aliphatic rings. The van der Waals surface area contributed by atoms with E-state index in [4.69, 9.17) is 10.5 Å². The van der Waals surface area contributed by atoms with Crippen LogP contribution in [0.4, 0.5) is 27.8 Å². The molecular weight excluding hydrogens is 445 g/mol. The molecule has 0 bridgehead atoms. The molecular formula is C22H26F5N5O. The normalized spacial score (nSPS) is 29.7. The molecule has 1 aliphatic heterocycles. The highest BCUT2D eigenvalue weighted by molar-refractivity contribution is 5.63. The third kappa shape index (κ3) is 4.21. The van der Waals surface area contributed by atoms with E-state index in [1.165, 1.54) is 10.9 Å². The summed E-state index contributed by atoms with van der Waals surface area (Å²) < 4.78 is 72.9. The minimum atomic E-state index is -4.67. The molecule has 2 N–H and O–H groups in total. The zero-order valence-electron chi connectivity index (χ0n) is 18.1. The smallest absolute Gasteiger partial charge is 0.383 e. The standard InChI is InChI=1S/C22H26F5N5O/c1-33-13-2-3-31(9-13)12-5-14-15(6-12)20(14)18-7-17(30-32(18)10-19(23)24)11-4-16(22(25,26)27)21(28)29-8-11/h4,7-8,12-15,19-20H,2-3,5-6,9-10H2,1H3,(H2,28,29)/t12-,13-,14+,15-,20-/m0/s1. The fourth-order valence-corrected chi connectivity index (χ4v) is 5.79. The van der Waals surface area contributed by atoms with Gasteiger partial charge in [0.1, 0.15) is 12.4 Å². The first-order valence-corrected chi connectivity index (χ1v) is 11.1. The number of pyridine rings is 1. The number of nitrogens with two attached hydrogens (primary N) is 1. The highest BCUT2D eigenvalue weighted by Crippen LogP contribution is 2.64. The first-order chi connectivity index (χ1) is 15.7. The molecule has 1 saturated heterocycles. The van der Waals surface area contributed by atoms with Gasteiger partial charge in [0.15, 0.2) is 0 Å². The molecule has 2 aromatic heterocycles. The number of rotatable bonds is 6. The highest BCUT2D eigenvalue weighted by atomic mass is 19.4. The highest BCUT2D eigenvalue weighted by Gasteiger charge is 2.59. The number of likely N-dealkylation sites (tertiary alicyclic amines) is 1. The fraction of sp³-hybridized carbons (Fsp3) is 0.636. The van der Waals surface area contributed by atoms with Gasteiger partial charge in [0.25, 0.3) is 6.43 Å². The summed E-state index contributed by atoms with van der Waals surface area (Å²) in [5.74, 6) is 0.241. The van der Waals surface area contributed by atoms with Gasteiger partial charge in [-0.05, 0) is 43.2 Å². The second-order valence-corrected chi connectivity index (χ2v) is 9.30. The summed E-state index contributed by atoms with van der Waals surface area (Å²) in [4.78, 5) is 6.11. The SMILES string of the molecule is CO[C@H]1CCN([C@H]2C[C@@H]3[C@H](C2)[C@H]3c2cc(-c3cnc(N)c(C(F)(F)F)c3)nn2CC(F)F)C1. The number of aromatic nitrogens is 3. The predicted octanol–water partition coefficient (Wildman–Crippen LogP) is 4.02. The van der Waals surface area contributed by atoms with Crippen LogP contribution in [0.5, 0.6) is 0 Å². The number of anilines is 1. The minimum absolute atomic E-state index is 0.103. The van der Waals surface area contributed by atoms with E-state index in [2.05, 4.69) is 15.0 Å². The van der Waals surface area contributed by atoms with Gasteiger partial charge in [0.05, 0.1) is 17.4 Å². The fourth-order valence-electron chi connectivity index (χ4n) is 5.79. The van der Waals surface area contributed by atoms with Crippen molar-refractivity contribution in [1.82, 2.24) is 19.7 Å². The third-order valence-electron chi connectivity index (χ3n) is 7.43. The molecule has 0 amide bonds. The molecule has 5 atom stereocenters. The van der Waals surface area contributed by atoms with E-state index < -0.39 is 30.5 Å². The monoisotopic (exact) mass is 471 g/mol. The number of ether oxygens (including phenoxy) is 1. The average molecular weight is 471 g/mol. The van der Waals surface area contributed by atoms with Crippen molar-refractivity contribution < 1.29 is 26.7 Å². The van der Waals surface area contributed by atoms with Gasteiger partial charge < -0.3 is 10.5 Å². The van der Waals surface area contributed by atoms with Crippen LogP contribution in [-0.4, -0.2) is 58.4 Å². The molecule has 33 heavy (non-hydrogen) atoms. The van der Waals surface area contributed by atoms with Crippen molar-refractivity contribution >= 4 is 5.82 Å². The van der Waals surface area contributed by atoms with Crippen LogP contribution in [-0.2, 0) is 17.5 Å². The average Bonchev–Trinajstić information content (AvgIpc) is 3.21. The van der Waals surface area contributed by atoms with Crippen LogP contribution in [0, 0.1) is 11.8 Å². The molecule has 180 valence electrons. The van der Waals surface area contributed by atoms with Gasteiger partial charge in [-0.15, -0.1) is 0 Å². The quantitative estimate of drug-likeness (QED) is 0.645. The summed E-state index contributed by atoms with van der Waals surface area (Å²) in [5.41, 5.74) is 5.31. The summed E-state index contributed by atoms with van der Waals surface area (Å²) in [6.07, 6.45) is -2.82. The molecule has 6 nitrogen and oxygen atoms in total. The second kappa shape index (κ2) is 8.19. The zero-order chi connectivity index (χ0) is 23.5. The zero-order valence-corrected chi connectivity index (χ0v) is 18.1. The number of alkyl halides is 5.